The van der Waals surface area contributed by atoms with Gasteiger partial charge >= 0.3 is 0 Å². The van der Waals surface area contributed by atoms with Gasteiger partial charge in [-0.2, -0.15) is 4.31 Å². The zero-order valence-corrected chi connectivity index (χ0v) is 11.4. The van der Waals surface area contributed by atoms with E-state index in [1.165, 1.54) is 4.31 Å². The monoisotopic (exact) mass is 270 g/mol. The number of hydrogen-bond donors (Lipinski definition) is 1. The van der Waals surface area contributed by atoms with Crippen LogP contribution in [0.4, 0.5) is 0 Å². The first-order valence-corrected chi connectivity index (χ1v) is 7.29. The molecule has 1 heterocycles. The van der Waals surface area contributed by atoms with Gasteiger partial charge in [-0.3, -0.25) is 0 Å². The zero-order valence-electron chi connectivity index (χ0n) is 10.6. The summed E-state index contributed by atoms with van der Waals surface area (Å²) in [5.41, 5.74) is 7.82. The molecule has 18 heavy (non-hydrogen) atoms. The Balaban J connectivity index is 2.37. The minimum atomic E-state index is -3.52. The number of sulfonamides is 1. The fraction of sp³-hybridized carbons (Fsp3) is 0.500. The van der Waals surface area contributed by atoms with E-state index in [1.54, 1.807) is 12.1 Å². The predicted octanol–water partition coefficient (Wildman–Crippen LogP) is 0.609. The van der Waals surface area contributed by atoms with Gasteiger partial charge in [-0.15, -0.1) is 0 Å². The van der Waals surface area contributed by atoms with Crippen LogP contribution in [-0.4, -0.2) is 38.6 Å². The highest BCUT2D eigenvalue weighted by atomic mass is 32.2. The molecule has 100 valence electrons. The van der Waals surface area contributed by atoms with Crippen LogP contribution in [0, 0.1) is 13.8 Å². The summed E-state index contributed by atoms with van der Waals surface area (Å²) in [6, 6.07) is 5.13. The third-order valence-corrected chi connectivity index (χ3v) is 5.12. The average molecular weight is 270 g/mol. The van der Waals surface area contributed by atoms with Crippen LogP contribution in [0.1, 0.15) is 11.1 Å². The van der Waals surface area contributed by atoms with E-state index in [-0.39, 0.29) is 6.61 Å². The van der Waals surface area contributed by atoms with Crippen LogP contribution in [0.2, 0.25) is 0 Å². The molecule has 0 spiro atoms. The SMILES string of the molecule is Cc1ccc(S(=O)(=O)N2CCOCC2N)cc1C. The highest BCUT2D eigenvalue weighted by Gasteiger charge is 2.31. The van der Waals surface area contributed by atoms with Crippen molar-refractivity contribution in [1.82, 2.24) is 4.31 Å². The Morgan fingerprint density at radius 2 is 2.06 bits per heavy atom. The third kappa shape index (κ3) is 2.42. The standard InChI is InChI=1S/C12H18N2O3S/c1-9-3-4-11(7-10(9)2)18(15,16)14-5-6-17-8-12(14)13/h3-4,7,12H,5-6,8,13H2,1-2H3. The van der Waals surface area contributed by atoms with Crippen molar-refractivity contribution in [3.63, 3.8) is 0 Å². The Hall–Kier alpha value is -0.950. The fourth-order valence-electron chi connectivity index (χ4n) is 1.92. The number of benzene rings is 1. The Bertz CT molecular complexity index is 542. The van der Waals surface area contributed by atoms with Gasteiger partial charge in [0.15, 0.2) is 0 Å². The lowest BCUT2D eigenvalue weighted by molar-refractivity contribution is 0.0350. The van der Waals surface area contributed by atoms with Gasteiger partial charge in [-0.25, -0.2) is 8.42 Å². The molecule has 1 unspecified atom stereocenters. The molecule has 1 aliphatic heterocycles. The summed E-state index contributed by atoms with van der Waals surface area (Å²) >= 11 is 0. The van der Waals surface area contributed by atoms with Crippen LogP contribution in [0.25, 0.3) is 0 Å². The number of morpholine rings is 1. The number of aryl methyl sites for hydroxylation is 2. The topological polar surface area (TPSA) is 72.6 Å². The van der Waals surface area contributed by atoms with Crippen LogP contribution >= 0.6 is 0 Å². The molecule has 0 saturated carbocycles. The molecule has 6 heteroatoms. The second-order valence-electron chi connectivity index (χ2n) is 4.50. The maximum absolute atomic E-state index is 12.5. The van der Waals surface area contributed by atoms with Crippen molar-refractivity contribution < 1.29 is 13.2 Å². The van der Waals surface area contributed by atoms with E-state index in [0.29, 0.717) is 18.0 Å². The lowest BCUT2D eigenvalue weighted by Crippen LogP contribution is -2.53. The van der Waals surface area contributed by atoms with E-state index >= 15 is 0 Å². The molecule has 2 rings (SSSR count). The van der Waals surface area contributed by atoms with Crippen molar-refractivity contribution >= 4 is 10.0 Å². The largest absolute Gasteiger partial charge is 0.377 e. The summed E-state index contributed by atoms with van der Waals surface area (Å²) < 4.78 is 31.4. The summed E-state index contributed by atoms with van der Waals surface area (Å²) in [6.45, 7) is 4.78. The van der Waals surface area contributed by atoms with E-state index in [1.807, 2.05) is 19.9 Å². The third-order valence-electron chi connectivity index (χ3n) is 3.20. The van der Waals surface area contributed by atoms with Gasteiger partial charge in [0.1, 0.15) is 0 Å². The quantitative estimate of drug-likeness (QED) is 0.854. The molecule has 5 nitrogen and oxygen atoms in total. The smallest absolute Gasteiger partial charge is 0.244 e. The Morgan fingerprint density at radius 1 is 1.33 bits per heavy atom. The molecule has 0 amide bonds. The van der Waals surface area contributed by atoms with Crippen molar-refractivity contribution in [2.45, 2.75) is 24.9 Å². The van der Waals surface area contributed by atoms with E-state index in [2.05, 4.69) is 0 Å². The maximum atomic E-state index is 12.5. The van der Waals surface area contributed by atoms with Gasteiger partial charge < -0.3 is 10.5 Å². The molecule has 0 bridgehead atoms. The number of nitrogens with zero attached hydrogens (tertiary/aromatic N) is 1. The van der Waals surface area contributed by atoms with Gasteiger partial charge in [-0.05, 0) is 37.1 Å². The van der Waals surface area contributed by atoms with Gasteiger partial charge in [0.2, 0.25) is 10.0 Å². The number of rotatable bonds is 2. The highest BCUT2D eigenvalue weighted by Crippen LogP contribution is 2.21. The molecule has 0 aliphatic carbocycles. The molecular weight excluding hydrogens is 252 g/mol. The molecule has 1 aromatic rings. The summed E-state index contributed by atoms with van der Waals surface area (Å²) in [5, 5.41) is 0. The lowest BCUT2D eigenvalue weighted by Gasteiger charge is -2.31. The van der Waals surface area contributed by atoms with E-state index in [4.69, 9.17) is 10.5 Å². The predicted molar refractivity (Wildman–Crippen MR) is 68.6 cm³/mol. The molecule has 0 aromatic heterocycles. The first-order valence-electron chi connectivity index (χ1n) is 5.85. The van der Waals surface area contributed by atoms with E-state index in [9.17, 15) is 8.42 Å². The summed E-state index contributed by atoms with van der Waals surface area (Å²) in [6.07, 6.45) is -0.606. The van der Waals surface area contributed by atoms with E-state index in [0.717, 1.165) is 11.1 Å². The Morgan fingerprint density at radius 3 is 2.67 bits per heavy atom. The van der Waals surface area contributed by atoms with Gasteiger partial charge in [0.25, 0.3) is 0 Å². The van der Waals surface area contributed by atoms with Gasteiger partial charge in [-0.1, -0.05) is 6.07 Å². The Labute approximate surface area is 108 Å². The van der Waals surface area contributed by atoms with Crippen LogP contribution in [0.5, 0.6) is 0 Å². The molecule has 1 aliphatic rings. The Kier molecular flexibility index (Phi) is 3.72. The van der Waals surface area contributed by atoms with Crippen molar-refractivity contribution in [3.05, 3.63) is 29.3 Å². The minimum absolute atomic E-state index is 0.240. The highest BCUT2D eigenvalue weighted by molar-refractivity contribution is 7.89. The molecule has 2 N–H and O–H groups in total. The molecule has 1 saturated heterocycles. The second kappa shape index (κ2) is 4.97. The minimum Gasteiger partial charge on any atom is -0.377 e. The normalized spacial score (nSPS) is 22.1. The molecule has 1 fully saturated rings. The lowest BCUT2D eigenvalue weighted by atomic mass is 10.1. The van der Waals surface area contributed by atoms with Crippen LogP contribution in [-0.2, 0) is 14.8 Å². The summed E-state index contributed by atoms with van der Waals surface area (Å²) in [7, 11) is -3.52. The molecule has 1 atom stereocenters. The first-order chi connectivity index (χ1) is 8.43. The van der Waals surface area contributed by atoms with Gasteiger partial charge in [0.05, 0.1) is 24.3 Å². The van der Waals surface area contributed by atoms with Crippen molar-refractivity contribution in [2.75, 3.05) is 19.8 Å². The summed E-state index contributed by atoms with van der Waals surface area (Å²) in [4.78, 5) is 0.294. The number of nitrogens with two attached hydrogens (primary N) is 1. The van der Waals surface area contributed by atoms with Crippen molar-refractivity contribution in [1.29, 1.82) is 0 Å². The molecule has 0 radical (unpaired) electrons. The first kappa shape index (κ1) is 13.5. The van der Waals surface area contributed by atoms with Gasteiger partial charge in [0, 0.05) is 6.54 Å². The molecular formula is C12H18N2O3S. The van der Waals surface area contributed by atoms with Crippen LogP contribution < -0.4 is 5.73 Å². The zero-order chi connectivity index (χ0) is 13.3. The summed E-state index contributed by atoms with van der Waals surface area (Å²) in [5.74, 6) is 0. The van der Waals surface area contributed by atoms with Crippen molar-refractivity contribution in [2.24, 2.45) is 5.73 Å². The van der Waals surface area contributed by atoms with Crippen molar-refractivity contribution in [3.8, 4) is 0 Å². The van der Waals surface area contributed by atoms with Crippen LogP contribution in [0.15, 0.2) is 23.1 Å². The molecule has 1 aromatic carbocycles. The van der Waals surface area contributed by atoms with E-state index < -0.39 is 16.2 Å². The average Bonchev–Trinajstić information content (AvgIpc) is 2.33. The fourth-order valence-corrected chi connectivity index (χ4v) is 3.48. The second-order valence-corrected chi connectivity index (χ2v) is 6.39. The van der Waals surface area contributed by atoms with Crippen LogP contribution in [0.3, 0.4) is 0 Å². The maximum Gasteiger partial charge on any atom is 0.244 e. The number of ether oxygens (including phenoxy) is 1. The number of hydrogen-bond acceptors (Lipinski definition) is 4.